The van der Waals surface area contributed by atoms with E-state index >= 15 is 0 Å². The monoisotopic (exact) mass is 502 g/mol. The molecule has 1 amide bonds. The highest BCUT2D eigenvalue weighted by atomic mass is 35.5. The number of hydrogen-bond acceptors (Lipinski definition) is 4. The minimum absolute atomic E-state index is 0.0694. The first-order valence-electron chi connectivity index (χ1n) is 10.1. The van der Waals surface area contributed by atoms with Crippen molar-refractivity contribution >= 4 is 35.0 Å². The summed E-state index contributed by atoms with van der Waals surface area (Å²) in [6.45, 7) is 1.90. The highest BCUT2D eigenvalue weighted by molar-refractivity contribution is 7.99. The van der Waals surface area contributed by atoms with Crippen LogP contribution in [0.25, 0.3) is 17.1 Å². The van der Waals surface area contributed by atoms with Crippen LogP contribution in [0.2, 0.25) is 5.02 Å². The molecule has 0 aliphatic heterocycles. The zero-order chi connectivity index (χ0) is 24.3. The number of benzene rings is 3. The Morgan fingerprint density at radius 3 is 2.50 bits per heavy atom. The molecule has 174 valence electrons. The molecule has 5 nitrogen and oxygen atoms in total. The number of amides is 1. The molecule has 1 aromatic heterocycles. The van der Waals surface area contributed by atoms with Gasteiger partial charge in [0.05, 0.1) is 11.3 Å². The highest BCUT2D eigenvalue weighted by Gasteiger charge is 2.30. The van der Waals surface area contributed by atoms with Crippen molar-refractivity contribution in [3.05, 3.63) is 88.9 Å². The van der Waals surface area contributed by atoms with Crippen molar-refractivity contribution < 1.29 is 18.0 Å². The van der Waals surface area contributed by atoms with Crippen LogP contribution in [0, 0.1) is 6.92 Å². The number of hydrogen-bond donors (Lipinski definition) is 1. The van der Waals surface area contributed by atoms with E-state index in [-0.39, 0.29) is 11.4 Å². The Labute approximate surface area is 203 Å². The summed E-state index contributed by atoms with van der Waals surface area (Å²) in [5.74, 6) is 0.0105. The van der Waals surface area contributed by atoms with Crippen LogP contribution >= 0.6 is 23.4 Å². The summed E-state index contributed by atoms with van der Waals surface area (Å²) >= 11 is 7.43. The molecule has 0 aliphatic carbocycles. The molecular formula is C24H18ClF3N4OS. The van der Waals surface area contributed by atoms with E-state index in [1.54, 1.807) is 6.07 Å². The topological polar surface area (TPSA) is 59.8 Å². The van der Waals surface area contributed by atoms with Crippen LogP contribution in [-0.2, 0) is 11.0 Å². The molecule has 0 radical (unpaired) electrons. The number of anilines is 1. The number of aromatic nitrogens is 3. The zero-order valence-electron chi connectivity index (χ0n) is 17.8. The summed E-state index contributed by atoms with van der Waals surface area (Å²) < 4.78 is 40.6. The van der Waals surface area contributed by atoms with E-state index in [2.05, 4.69) is 15.5 Å². The summed E-state index contributed by atoms with van der Waals surface area (Å²) in [5.41, 5.74) is 1.72. The summed E-state index contributed by atoms with van der Waals surface area (Å²) in [6, 6.07) is 19.5. The normalized spacial score (nSPS) is 11.4. The number of aryl methyl sites for hydroxylation is 1. The number of nitrogens with one attached hydrogen (secondary N) is 1. The van der Waals surface area contributed by atoms with Crippen LogP contribution in [0.5, 0.6) is 0 Å². The van der Waals surface area contributed by atoms with Crippen molar-refractivity contribution in [2.24, 2.45) is 0 Å². The van der Waals surface area contributed by atoms with Crippen molar-refractivity contribution in [1.82, 2.24) is 14.8 Å². The van der Waals surface area contributed by atoms with Gasteiger partial charge in [-0.3, -0.25) is 9.36 Å². The lowest BCUT2D eigenvalue weighted by Gasteiger charge is -2.12. The molecule has 0 saturated heterocycles. The van der Waals surface area contributed by atoms with E-state index < -0.39 is 17.6 Å². The fourth-order valence-corrected chi connectivity index (χ4v) is 4.13. The first kappa shape index (κ1) is 23.8. The zero-order valence-corrected chi connectivity index (χ0v) is 19.4. The van der Waals surface area contributed by atoms with E-state index in [0.717, 1.165) is 40.7 Å². The van der Waals surface area contributed by atoms with Gasteiger partial charge in [-0.05, 0) is 48.9 Å². The van der Waals surface area contributed by atoms with Gasteiger partial charge in [-0.25, -0.2) is 0 Å². The molecule has 10 heteroatoms. The number of halogens is 4. The summed E-state index contributed by atoms with van der Waals surface area (Å²) in [6.07, 6.45) is -4.49. The van der Waals surface area contributed by atoms with Gasteiger partial charge in [0, 0.05) is 22.0 Å². The SMILES string of the molecule is Cc1ccc(-c2nnc(SCC(=O)Nc3cccc(C(F)(F)F)c3)n2-c2ccccc2)cc1Cl. The summed E-state index contributed by atoms with van der Waals surface area (Å²) in [5, 5.41) is 12.1. The number of alkyl halides is 3. The number of para-hydroxylation sites is 1. The number of rotatable bonds is 6. The molecule has 4 rings (SSSR count). The van der Waals surface area contributed by atoms with Gasteiger partial charge in [-0.1, -0.05) is 59.8 Å². The third-order valence-corrected chi connectivity index (χ3v) is 6.22. The van der Waals surface area contributed by atoms with Gasteiger partial charge >= 0.3 is 6.18 Å². The third kappa shape index (κ3) is 5.43. The lowest BCUT2D eigenvalue weighted by atomic mass is 10.1. The van der Waals surface area contributed by atoms with Crippen LogP contribution in [0.3, 0.4) is 0 Å². The van der Waals surface area contributed by atoms with Crippen LogP contribution in [0.1, 0.15) is 11.1 Å². The van der Waals surface area contributed by atoms with Crippen LogP contribution in [0.15, 0.2) is 78.0 Å². The average molecular weight is 503 g/mol. The second kappa shape index (κ2) is 9.90. The summed E-state index contributed by atoms with van der Waals surface area (Å²) in [4.78, 5) is 12.5. The molecule has 0 fully saturated rings. The van der Waals surface area contributed by atoms with Crippen molar-refractivity contribution in [1.29, 1.82) is 0 Å². The molecule has 1 heterocycles. The molecule has 0 spiro atoms. The number of thioether (sulfide) groups is 1. The molecule has 34 heavy (non-hydrogen) atoms. The predicted octanol–water partition coefficient (Wildman–Crippen LogP) is 6.65. The van der Waals surface area contributed by atoms with Gasteiger partial charge in [0.2, 0.25) is 5.91 Å². The van der Waals surface area contributed by atoms with E-state index in [1.807, 2.05) is 54.0 Å². The molecule has 0 atom stereocenters. The highest BCUT2D eigenvalue weighted by Crippen LogP contribution is 2.32. The van der Waals surface area contributed by atoms with Gasteiger partial charge in [0.15, 0.2) is 11.0 Å². The quantitative estimate of drug-likeness (QED) is 0.300. The first-order valence-corrected chi connectivity index (χ1v) is 11.5. The second-order valence-corrected chi connectivity index (χ2v) is 8.71. The van der Waals surface area contributed by atoms with Crippen molar-refractivity contribution in [2.75, 3.05) is 11.1 Å². The minimum atomic E-state index is -4.49. The predicted molar refractivity (Wildman–Crippen MR) is 127 cm³/mol. The van der Waals surface area contributed by atoms with Gasteiger partial charge in [-0.2, -0.15) is 13.2 Å². The van der Waals surface area contributed by atoms with Crippen molar-refractivity contribution in [3.63, 3.8) is 0 Å². The Balaban J connectivity index is 1.57. The lowest BCUT2D eigenvalue weighted by molar-refractivity contribution is -0.137. The Morgan fingerprint density at radius 1 is 1.03 bits per heavy atom. The Hall–Kier alpha value is -3.30. The largest absolute Gasteiger partial charge is 0.416 e. The maximum Gasteiger partial charge on any atom is 0.416 e. The smallest absolute Gasteiger partial charge is 0.325 e. The number of carbonyl (C=O) groups is 1. The maximum atomic E-state index is 12.9. The summed E-state index contributed by atoms with van der Waals surface area (Å²) in [7, 11) is 0. The van der Waals surface area contributed by atoms with Crippen molar-refractivity contribution in [2.45, 2.75) is 18.3 Å². The van der Waals surface area contributed by atoms with Crippen LogP contribution < -0.4 is 5.32 Å². The van der Waals surface area contributed by atoms with Crippen LogP contribution in [0.4, 0.5) is 18.9 Å². The molecule has 0 bridgehead atoms. The molecule has 0 unspecified atom stereocenters. The Morgan fingerprint density at radius 2 is 1.79 bits per heavy atom. The standard InChI is InChI=1S/C24H18ClF3N4OS/c1-15-10-11-16(12-20(15)25)22-30-31-23(32(22)19-8-3-2-4-9-19)34-14-21(33)29-18-7-5-6-17(13-18)24(26,27)28/h2-13H,14H2,1H3,(H,29,33). The number of nitrogens with zero attached hydrogens (tertiary/aromatic N) is 3. The average Bonchev–Trinajstić information content (AvgIpc) is 3.24. The van der Waals surface area contributed by atoms with Gasteiger partial charge in [-0.15, -0.1) is 10.2 Å². The number of carbonyl (C=O) groups excluding carboxylic acids is 1. The minimum Gasteiger partial charge on any atom is -0.325 e. The van der Waals surface area contributed by atoms with Crippen LogP contribution in [-0.4, -0.2) is 26.4 Å². The second-order valence-electron chi connectivity index (χ2n) is 7.36. The van der Waals surface area contributed by atoms with E-state index in [0.29, 0.717) is 16.0 Å². The first-order chi connectivity index (χ1) is 16.2. The fraction of sp³-hybridized carbons (Fsp3) is 0.125. The van der Waals surface area contributed by atoms with Gasteiger partial charge in [0.1, 0.15) is 0 Å². The maximum absolute atomic E-state index is 12.9. The molecule has 1 N–H and O–H groups in total. The molecule has 0 aliphatic rings. The molecule has 0 saturated carbocycles. The van der Waals surface area contributed by atoms with Crippen molar-refractivity contribution in [3.8, 4) is 17.1 Å². The lowest BCUT2D eigenvalue weighted by Crippen LogP contribution is -2.15. The Kier molecular flexibility index (Phi) is 6.95. The van der Waals surface area contributed by atoms with Gasteiger partial charge in [0.25, 0.3) is 0 Å². The third-order valence-electron chi connectivity index (χ3n) is 4.88. The van der Waals surface area contributed by atoms with E-state index in [4.69, 9.17) is 11.6 Å². The fourth-order valence-electron chi connectivity index (χ4n) is 3.19. The molecule has 4 aromatic rings. The molecular weight excluding hydrogens is 485 g/mol. The molecule has 3 aromatic carbocycles. The van der Waals surface area contributed by atoms with E-state index in [9.17, 15) is 18.0 Å². The van der Waals surface area contributed by atoms with E-state index in [1.165, 1.54) is 12.1 Å². The Bertz CT molecular complexity index is 1330. The van der Waals surface area contributed by atoms with Gasteiger partial charge < -0.3 is 5.32 Å².